The molecule has 110 valence electrons. The molecule has 5 nitrogen and oxygen atoms in total. The second-order valence-electron chi connectivity index (χ2n) is 5.57. The minimum absolute atomic E-state index is 0.0142. The topological polar surface area (TPSA) is 62.3 Å². The number of piperazine rings is 1. The molecule has 0 aliphatic carbocycles. The first kappa shape index (κ1) is 15.0. The van der Waals surface area contributed by atoms with E-state index in [1.165, 1.54) is 0 Å². The van der Waals surface area contributed by atoms with Gasteiger partial charge in [0.25, 0.3) is 0 Å². The maximum absolute atomic E-state index is 12.4. The largest absolute Gasteiger partial charge is 0.342 e. The molecule has 1 aliphatic rings. The number of amides is 2. The lowest BCUT2D eigenvalue weighted by Gasteiger charge is -2.38. The number of hydrogen-bond donors (Lipinski definition) is 1. The Morgan fingerprint density at radius 1 is 1.45 bits per heavy atom. The maximum atomic E-state index is 12.4. The highest BCUT2D eigenvalue weighted by molar-refractivity contribution is 7.09. The molecule has 1 saturated heterocycles. The van der Waals surface area contributed by atoms with Gasteiger partial charge in [-0.05, 0) is 19.8 Å². The highest BCUT2D eigenvalue weighted by atomic mass is 32.1. The van der Waals surface area contributed by atoms with Crippen LogP contribution >= 0.6 is 11.3 Å². The van der Waals surface area contributed by atoms with Crippen LogP contribution in [-0.4, -0.2) is 40.3 Å². The lowest BCUT2D eigenvalue weighted by Crippen LogP contribution is -2.64. The highest BCUT2D eigenvalue weighted by Gasteiger charge is 2.39. The van der Waals surface area contributed by atoms with E-state index in [-0.39, 0.29) is 17.7 Å². The molecule has 0 radical (unpaired) electrons. The summed E-state index contributed by atoms with van der Waals surface area (Å²) in [6.07, 6.45) is 0.701. The number of aryl methyl sites for hydroxylation is 1. The molecule has 2 heterocycles. The fourth-order valence-corrected chi connectivity index (χ4v) is 3.10. The van der Waals surface area contributed by atoms with Gasteiger partial charge < -0.3 is 10.2 Å². The van der Waals surface area contributed by atoms with E-state index in [0.29, 0.717) is 13.0 Å². The van der Waals surface area contributed by atoms with Gasteiger partial charge >= 0.3 is 0 Å². The smallest absolute Gasteiger partial charge is 0.246 e. The minimum atomic E-state index is -0.406. The first-order chi connectivity index (χ1) is 9.40. The number of carbonyl (C=O) groups excluding carboxylic acids is 2. The van der Waals surface area contributed by atoms with Crippen LogP contribution in [-0.2, 0) is 16.0 Å². The maximum Gasteiger partial charge on any atom is 0.246 e. The Hall–Kier alpha value is -1.43. The van der Waals surface area contributed by atoms with E-state index in [0.717, 1.165) is 10.7 Å². The zero-order chi connectivity index (χ0) is 14.9. The van der Waals surface area contributed by atoms with Gasteiger partial charge in [0.2, 0.25) is 11.8 Å². The number of hydrogen-bond acceptors (Lipinski definition) is 4. The van der Waals surface area contributed by atoms with Crippen LogP contribution in [0.2, 0.25) is 0 Å². The Bertz CT molecular complexity index is 512. The van der Waals surface area contributed by atoms with Crippen molar-refractivity contribution in [1.82, 2.24) is 15.2 Å². The molecule has 2 rings (SSSR count). The van der Waals surface area contributed by atoms with Crippen LogP contribution in [0.1, 0.15) is 31.5 Å². The fraction of sp³-hybridized carbons (Fsp3) is 0.643. The molecule has 1 aromatic heterocycles. The third kappa shape index (κ3) is 3.00. The molecule has 0 aromatic carbocycles. The van der Waals surface area contributed by atoms with Crippen molar-refractivity contribution in [3.63, 3.8) is 0 Å². The molecule has 2 atom stereocenters. The Morgan fingerprint density at radius 2 is 2.15 bits per heavy atom. The summed E-state index contributed by atoms with van der Waals surface area (Å²) in [6.45, 7) is 8.17. The Morgan fingerprint density at radius 3 is 2.70 bits per heavy atom. The van der Waals surface area contributed by atoms with Crippen LogP contribution < -0.4 is 5.32 Å². The predicted molar refractivity (Wildman–Crippen MR) is 78.5 cm³/mol. The van der Waals surface area contributed by atoms with E-state index >= 15 is 0 Å². The third-order valence-corrected chi connectivity index (χ3v) is 4.62. The second-order valence-corrected chi connectivity index (χ2v) is 6.51. The summed E-state index contributed by atoms with van der Waals surface area (Å²) in [7, 11) is 0. The number of nitrogens with one attached hydrogen (secondary N) is 1. The first-order valence-corrected chi connectivity index (χ1v) is 7.80. The highest BCUT2D eigenvalue weighted by Crippen LogP contribution is 2.17. The molecule has 6 heteroatoms. The standard InChI is InChI=1S/C14H21N3O2S/c1-8(2)12-14(19)17(10(4)13(18)16-12)6-5-11-15-9(3)7-20-11/h7-8,10,12H,5-6H2,1-4H3,(H,16,18). The van der Waals surface area contributed by atoms with Crippen LogP contribution in [0.25, 0.3) is 0 Å². The molecule has 20 heavy (non-hydrogen) atoms. The van der Waals surface area contributed by atoms with Crippen molar-refractivity contribution in [1.29, 1.82) is 0 Å². The molecular weight excluding hydrogens is 274 g/mol. The van der Waals surface area contributed by atoms with Crippen molar-refractivity contribution in [3.05, 3.63) is 16.1 Å². The summed E-state index contributed by atoms with van der Waals surface area (Å²) >= 11 is 1.60. The number of aromatic nitrogens is 1. The third-order valence-electron chi connectivity index (χ3n) is 3.59. The number of rotatable bonds is 4. The summed E-state index contributed by atoms with van der Waals surface area (Å²) in [5, 5.41) is 5.81. The van der Waals surface area contributed by atoms with Crippen LogP contribution in [0.3, 0.4) is 0 Å². The monoisotopic (exact) mass is 295 g/mol. The van der Waals surface area contributed by atoms with Crippen LogP contribution in [0.5, 0.6) is 0 Å². The summed E-state index contributed by atoms with van der Waals surface area (Å²) in [5.74, 6) is 0.0440. The Labute approximate surface area is 123 Å². The lowest BCUT2D eigenvalue weighted by molar-refractivity contribution is -0.149. The van der Waals surface area contributed by atoms with E-state index in [4.69, 9.17) is 0 Å². The Balaban J connectivity index is 2.07. The molecule has 1 aromatic rings. The number of thiazole rings is 1. The zero-order valence-corrected chi connectivity index (χ0v) is 13.2. The van der Waals surface area contributed by atoms with E-state index in [9.17, 15) is 9.59 Å². The van der Waals surface area contributed by atoms with Gasteiger partial charge in [0.05, 0.1) is 5.01 Å². The SMILES string of the molecule is Cc1csc(CCN2C(=O)C(C(C)C)NC(=O)C2C)n1. The molecule has 2 amide bonds. The van der Waals surface area contributed by atoms with Gasteiger partial charge in [-0.3, -0.25) is 9.59 Å². The summed E-state index contributed by atoms with van der Waals surface area (Å²) in [6, 6.07) is -0.810. The summed E-state index contributed by atoms with van der Waals surface area (Å²) in [5.41, 5.74) is 1.00. The van der Waals surface area contributed by atoms with Crippen molar-refractivity contribution >= 4 is 23.2 Å². The van der Waals surface area contributed by atoms with Gasteiger partial charge in [0, 0.05) is 24.0 Å². The van der Waals surface area contributed by atoms with Crippen LogP contribution in [0.4, 0.5) is 0 Å². The molecule has 0 saturated carbocycles. The van der Waals surface area contributed by atoms with Gasteiger partial charge in [-0.2, -0.15) is 0 Å². The number of nitrogens with zero attached hydrogens (tertiary/aromatic N) is 2. The van der Waals surface area contributed by atoms with E-state index < -0.39 is 12.1 Å². The minimum Gasteiger partial charge on any atom is -0.342 e. The zero-order valence-electron chi connectivity index (χ0n) is 12.3. The summed E-state index contributed by atoms with van der Waals surface area (Å²) in [4.78, 5) is 30.5. The summed E-state index contributed by atoms with van der Waals surface area (Å²) < 4.78 is 0. The lowest BCUT2D eigenvalue weighted by atomic mass is 9.98. The van der Waals surface area contributed by atoms with E-state index in [1.807, 2.05) is 26.2 Å². The van der Waals surface area contributed by atoms with Crippen LogP contribution in [0, 0.1) is 12.8 Å². The predicted octanol–water partition coefficient (Wildman–Crippen LogP) is 1.37. The molecule has 0 bridgehead atoms. The van der Waals surface area contributed by atoms with Gasteiger partial charge in [0.15, 0.2) is 0 Å². The normalized spacial score (nSPS) is 23.4. The van der Waals surface area contributed by atoms with Crippen molar-refractivity contribution in [2.45, 2.75) is 46.2 Å². The van der Waals surface area contributed by atoms with Crippen molar-refractivity contribution < 1.29 is 9.59 Å². The fourth-order valence-electron chi connectivity index (χ4n) is 2.34. The Kier molecular flexibility index (Phi) is 4.42. The molecule has 2 unspecified atom stereocenters. The van der Waals surface area contributed by atoms with Gasteiger partial charge in [-0.15, -0.1) is 11.3 Å². The van der Waals surface area contributed by atoms with Crippen molar-refractivity contribution in [2.24, 2.45) is 5.92 Å². The average molecular weight is 295 g/mol. The quantitative estimate of drug-likeness (QED) is 0.912. The van der Waals surface area contributed by atoms with Crippen molar-refractivity contribution in [3.8, 4) is 0 Å². The van der Waals surface area contributed by atoms with Gasteiger partial charge in [-0.1, -0.05) is 13.8 Å². The molecule has 0 spiro atoms. The van der Waals surface area contributed by atoms with Crippen molar-refractivity contribution in [2.75, 3.05) is 6.54 Å². The average Bonchev–Trinajstić information content (AvgIpc) is 2.79. The molecule has 1 N–H and O–H groups in total. The molecule has 1 fully saturated rings. The first-order valence-electron chi connectivity index (χ1n) is 6.92. The number of carbonyl (C=O) groups is 2. The second kappa shape index (κ2) is 5.91. The molecular formula is C14H21N3O2S. The van der Waals surface area contributed by atoms with E-state index in [1.54, 1.807) is 23.2 Å². The van der Waals surface area contributed by atoms with Gasteiger partial charge in [-0.25, -0.2) is 4.98 Å². The molecule has 1 aliphatic heterocycles. The van der Waals surface area contributed by atoms with Crippen LogP contribution in [0.15, 0.2) is 5.38 Å². The van der Waals surface area contributed by atoms with Gasteiger partial charge in [0.1, 0.15) is 12.1 Å². The van der Waals surface area contributed by atoms with E-state index in [2.05, 4.69) is 10.3 Å².